The smallest absolute Gasteiger partial charge is 0.256 e. The van der Waals surface area contributed by atoms with Gasteiger partial charge in [0, 0.05) is 18.8 Å². The summed E-state index contributed by atoms with van der Waals surface area (Å²) in [6.07, 6.45) is 7.40. The van der Waals surface area contributed by atoms with Gasteiger partial charge in [0.1, 0.15) is 0 Å². The first-order valence-corrected chi connectivity index (χ1v) is 10.1. The van der Waals surface area contributed by atoms with Crippen LogP contribution in [0.5, 0.6) is 0 Å². The van der Waals surface area contributed by atoms with Gasteiger partial charge in [-0.1, -0.05) is 30.7 Å². The van der Waals surface area contributed by atoms with Gasteiger partial charge in [-0.25, -0.2) is 10.1 Å². The van der Waals surface area contributed by atoms with E-state index >= 15 is 0 Å². The predicted octanol–water partition coefficient (Wildman–Crippen LogP) is 2.86. The molecule has 0 radical (unpaired) electrons. The monoisotopic (exact) mass is 406 g/mol. The molecule has 8 heteroatoms. The van der Waals surface area contributed by atoms with E-state index in [0.29, 0.717) is 43.4 Å². The number of hydrogen-bond donors (Lipinski definition) is 0. The van der Waals surface area contributed by atoms with Gasteiger partial charge in [-0.15, -0.1) is 0 Å². The summed E-state index contributed by atoms with van der Waals surface area (Å²) in [4.78, 5) is 27.2. The molecule has 0 saturated carbocycles. The molecule has 3 heterocycles. The summed E-state index contributed by atoms with van der Waals surface area (Å²) >= 11 is 0. The number of benzene rings is 1. The van der Waals surface area contributed by atoms with E-state index in [1.165, 1.54) is 10.4 Å². The molecule has 0 unspecified atom stereocenters. The van der Waals surface area contributed by atoms with Gasteiger partial charge in [0.05, 0.1) is 36.8 Å². The van der Waals surface area contributed by atoms with Crippen molar-refractivity contribution in [2.24, 2.45) is 10.9 Å². The normalized spacial score (nSPS) is 20.1. The van der Waals surface area contributed by atoms with Crippen molar-refractivity contribution >= 4 is 11.7 Å². The number of amides is 1. The van der Waals surface area contributed by atoms with Crippen molar-refractivity contribution in [2.45, 2.75) is 20.8 Å². The molecule has 1 aromatic carbocycles. The number of amidine groups is 1. The van der Waals surface area contributed by atoms with Crippen LogP contribution in [0.2, 0.25) is 0 Å². The standard InChI is InChI=1S/C22H26N6O2/c1-16-14-18(3)25-21(15-17(16)2)27-11-10-26(12-13-30-27)22(29)19-6-4-5-7-20(19)28-23-8-9-24-28/h4-9,14-16H,10-13H2,1-3H3/t16-/m0/s1. The fraction of sp³-hybridized carbons (Fsp3) is 0.364. The molecule has 1 saturated heterocycles. The van der Waals surface area contributed by atoms with Gasteiger partial charge in [0.25, 0.3) is 5.91 Å². The molecule has 156 valence electrons. The summed E-state index contributed by atoms with van der Waals surface area (Å²) < 4.78 is 0. The largest absolute Gasteiger partial charge is 0.334 e. The maximum absolute atomic E-state index is 13.3. The van der Waals surface area contributed by atoms with Crippen LogP contribution in [0.4, 0.5) is 0 Å². The van der Waals surface area contributed by atoms with E-state index < -0.39 is 0 Å². The number of para-hydroxylation sites is 1. The molecular weight excluding hydrogens is 380 g/mol. The minimum Gasteiger partial charge on any atom is -0.334 e. The van der Waals surface area contributed by atoms with Crippen molar-refractivity contribution in [3.63, 3.8) is 0 Å². The molecule has 1 atom stereocenters. The van der Waals surface area contributed by atoms with Crippen LogP contribution in [0.15, 0.2) is 65.1 Å². The predicted molar refractivity (Wildman–Crippen MR) is 114 cm³/mol. The van der Waals surface area contributed by atoms with Crippen LogP contribution in [0.25, 0.3) is 5.69 Å². The van der Waals surface area contributed by atoms with Crippen LogP contribution >= 0.6 is 0 Å². The molecule has 0 bridgehead atoms. The van der Waals surface area contributed by atoms with Crippen molar-refractivity contribution in [3.8, 4) is 5.69 Å². The molecule has 0 aliphatic carbocycles. The number of allylic oxidation sites excluding steroid dienone is 3. The average Bonchev–Trinajstić information content (AvgIpc) is 3.11. The van der Waals surface area contributed by atoms with E-state index in [2.05, 4.69) is 36.2 Å². The van der Waals surface area contributed by atoms with Crippen molar-refractivity contribution in [1.29, 1.82) is 0 Å². The Kier molecular flexibility index (Phi) is 5.76. The van der Waals surface area contributed by atoms with Gasteiger partial charge in [-0.05, 0) is 38.0 Å². The maximum Gasteiger partial charge on any atom is 0.256 e. The zero-order valence-corrected chi connectivity index (χ0v) is 17.5. The molecule has 2 aliphatic rings. The Bertz CT molecular complexity index is 1010. The second-order valence-electron chi connectivity index (χ2n) is 7.52. The lowest BCUT2D eigenvalue weighted by Gasteiger charge is -2.22. The first kappa shape index (κ1) is 20.0. The number of carbonyl (C=O) groups excluding carboxylic acids is 1. The highest BCUT2D eigenvalue weighted by Crippen LogP contribution is 2.20. The van der Waals surface area contributed by atoms with Crippen LogP contribution < -0.4 is 0 Å². The Balaban J connectivity index is 1.52. The van der Waals surface area contributed by atoms with Crippen LogP contribution in [0.1, 0.15) is 31.1 Å². The van der Waals surface area contributed by atoms with Gasteiger partial charge in [0.15, 0.2) is 5.84 Å². The fourth-order valence-corrected chi connectivity index (χ4v) is 3.58. The Morgan fingerprint density at radius 3 is 2.67 bits per heavy atom. The number of hydrogen-bond acceptors (Lipinski definition) is 6. The molecule has 2 aliphatic heterocycles. The second kappa shape index (κ2) is 8.62. The summed E-state index contributed by atoms with van der Waals surface area (Å²) in [7, 11) is 0. The SMILES string of the molecule is CC1=C[C@H](C)C(C)=CC(N2CCN(C(=O)c3ccccc3-n3nccn3)CCO2)=N1. The Morgan fingerprint density at radius 1 is 1.10 bits per heavy atom. The number of nitrogens with zero attached hydrogens (tertiary/aromatic N) is 6. The topological polar surface area (TPSA) is 75.9 Å². The van der Waals surface area contributed by atoms with Gasteiger partial charge in [0.2, 0.25) is 0 Å². The first-order valence-electron chi connectivity index (χ1n) is 10.1. The molecule has 0 spiro atoms. The van der Waals surface area contributed by atoms with Crippen LogP contribution in [-0.4, -0.2) is 62.9 Å². The molecule has 4 rings (SSSR count). The minimum atomic E-state index is -0.0624. The Labute approximate surface area is 176 Å². The van der Waals surface area contributed by atoms with Crippen molar-refractivity contribution in [2.75, 3.05) is 26.2 Å². The lowest BCUT2D eigenvalue weighted by Crippen LogP contribution is -2.37. The van der Waals surface area contributed by atoms with E-state index in [1.807, 2.05) is 36.1 Å². The third-order valence-electron chi connectivity index (χ3n) is 5.35. The third-order valence-corrected chi connectivity index (χ3v) is 5.35. The average molecular weight is 406 g/mol. The van der Waals surface area contributed by atoms with Crippen molar-refractivity contribution < 1.29 is 9.63 Å². The molecule has 2 aromatic rings. The molecule has 0 N–H and O–H groups in total. The highest BCUT2D eigenvalue weighted by Gasteiger charge is 2.25. The second-order valence-corrected chi connectivity index (χ2v) is 7.52. The van der Waals surface area contributed by atoms with Gasteiger partial charge >= 0.3 is 0 Å². The highest BCUT2D eigenvalue weighted by molar-refractivity contribution is 5.98. The zero-order valence-electron chi connectivity index (χ0n) is 17.5. The number of hydroxylamine groups is 2. The summed E-state index contributed by atoms with van der Waals surface area (Å²) in [5.41, 5.74) is 3.42. The Morgan fingerprint density at radius 2 is 1.87 bits per heavy atom. The summed E-state index contributed by atoms with van der Waals surface area (Å²) in [5, 5.41) is 10.1. The number of rotatable bonds is 2. The van der Waals surface area contributed by atoms with E-state index in [-0.39, 0.29) is 5.91 Å². The van der Waals surface area contributed by atoms with E-state index in [4.69, 9.17) is 9.83 Å². The summed E-state index contributed by atoms with van der Waals surface area (Å²) in [5.74, 6) is 1.05. The summed E-state index contributed by atoms with van der Waals surface area (Å²) in [6, 6.07) is 7.38. The number of aromatic nitrogens is 3. The molecule has 1 fully saturated rings. The molecule has 1 amide bonds. The zero-order chi connectivity index (χ0) is 21.1. The van der Waals surface area contributed by atoms with Crippen LogP contribution in [0.3, 0.4) is 0 Å². The number of aliphatic imine (C=N–C) groups is 1. The highest BCUT2D eigenvalue weighted by atomic mass is 16.7. The van der Waals surface area contributed by atoms with Crippen LogP contribution in [0, 0.1) is 5.92 Å². The molecule has 30 heavy (non-hydrogen) atoms. The quantitative estimate of drug-likeness (QED) is 0.767. The molecular formula is C22H26N6O2. The molecule has 8 nitrogen and oxygen atoms in total. The van der Waals surface area contributed by atoms with E-state index in [0.717, 1.165) is 11.5 Å². The lowest BCUT2D eigenvalue weighted by atomic mass is 10.0. The van der Waals surface area contributed by atoms with Gasteiger partial charge in [-0.3, -0.25) is 9.63 Å². The van der Waals surface area contributed by atoms with Crippen LogP contribution in [-0.2, 0) is 4.84 Å². The first-order chi connectivity index (χ1) is 14.5. The van der Waals surface area contributed by atoms with Gasteiger partial charge < -0.3 is 4.90 Å². The lowest BCUT2D eigenvalue weighted by molar-refractivity contribution is -0.0849. The fourth-order valence-electron chi connectivity index (χ4n) is 3.58. The van der Waals surface area contributed by atoms with Gasteiger partial charge in [-0.2, -0.15) is 15.0 Å². The number of carbonyl (C=O) groups is 1. The summed E-state index contributed by atoms with van der Waals surface area (Å²) in [6.45, 7) is 8.22. The van der Waals surface area contributed by atoms with Crippen molar-refractivity contribution in [3.05, 3.63) is 65.6 Å². The van der Waals surface area contributed by atoms with E-state index in [1.54, 1.807) is 17.5 Å². The molecule has 1 aromatic heterocycles. The maximum atomic E-state index is 13.3. The minimum absolute atomic E-state index is 0.0624. The third kappa shape index (κ3) is 4.18. The Hall–Kier alpha value is -3.26. The van der Waals surface area contributed by atoms with Crippen molar-refractivity contribution in [1.82, 2.24) is 25.0 Å². The van der Waals surface area contributed by atoms with E-state index in [9.17, 15) is 4.79 Å².